The molecule has 2 aliphatic rings. The molecule has 0 spiro atoms. The van der Waals surface area contributed by atoms with Gasteiger partial charge >= 0.3 is 5.97 Å². The van der Waals surface area contributed by atoms with Gasteiger partial charge in [-0.05, 0) is 54.8 Å². The number of piperidine rings is 2. The standard InChI is InChI=1S/C22H28N2O3/c25-21(26)22(27-20-8-7-18-5-1-2-6-19(18)14-20)9-12-24(13-10-22)16-17-4-3-11-23-15-17/h1-2,5-8,14,17,23H,3-4,9-13,15-16H2,(H,25,26)/t17-/m0/s1. The number of carboxylic acids is 1. The maximum Gasteiger partial charge on any atom is 0.348 e. The minimum atomic E-state index is -1.12. The van der Waals surface area contributed by atoms with Crippen LogP contribution in [0.25, 0.3) is 10.8 Å². The molecular formula is C22H28N2O3. The average molecular weight is 368 g/mol. The maximum absolute atomic E-state index is 12.1. The highest BCUT2D eigenvalue weighted by molar-refractivity contribution is 5.84. The molecule has 5 nitrogen and oxygen atoms in total. The van der Waals surface area contributed by atoms with Gasteiger partial charge in [0.1, 0.15) is 5.75 Å². The second-order valence-electron chi connectivity index (χ2n) is 7.92. The Morgan fingerprint density at radius 3 is 2.67 bits per heavy atom. The molecule has 2 heterocycles. The smallest absolute Gasteiger partial charge is 0.348 e. The van der Waals surface area contributed by atoms with E-state index in [1.807, 2.05) is 42.5 Å². The van der Waals surface area contributed by atoms with Gasteiger partial charge in [-0.2, -0.15) is 0 Å². The lowest BCUT2D eigenvalue weighted by Crippen LogP contribution is -2.54. The van der Waals surface area contributed by atoms with E-state index < -0.39 is 11.6 Å². The van der Waals surface area contributed by atoms with E-state index >= 15 is 0 Å². The number of ether oxygens (including phenoxy) is 1. The SMILES string of the molecule is O=C(O)C1(Oc2ccc3ccccc3c2)CCN(C[C@H]2CCCNC2)CC1. The predicted octanol–water partition coefficient (Wildman–Crippen LogP) is 3.14. The summed E-state index contributed by atoms with van der Waals surface area (Å²) in [5.74, 6) is 0.466. The van der Waals surface area contributed by atoms with Crippen LogP contribution in [0.3, 0.4) is 0 Å². The number of aliphatic carboxylic acids is 1. The maximum atomic E-state index is 12.1. The van der Waals surface area contributed by atoms with Gasteiger partial charge in [0.15, 0.2) is 0 Å². The van der Waals surface area contributed by atoms with Crippen LogP contribution in [0.4, 0.5) is 0 Å². The third-order valence-corrected chi connectivity index (χ3v) is 6.00. The highest BCUT2D eigenvalue weighted by atomic mass is 16.5. The van der Waals surface area contributed by atoms with Crippen molar-refractivity contribution in [2.75, 3.05) is 32.7 Å². The molecule has 2 fully saturated rings. The van der Waals surface area contributed by atoms with Crippen LogP contribution in [0.5, 0.6) is 5.75 Å². The van der Waals surface area contributed by atoms with Crippen LogP contribution in [-0.2, 0) is 4.79 Å². The number of nitrogens with zero attached hydrogens (tertiary/aromatic N) is 1. The Kier molecular flexibility index (Phi) is 5.32. The molecule has 2 aliphatic heterocycles. The number of carboxylic acid groups (broad SMARTS) is 1. The molecule has 0 aliphatic carbocycles. The Hall–Kier alpha value is -2.11. The van der Waals surface area contributed by atoms with Gasteiger partial charge in [-0.25, -0.2) is 4.79 Å². The monoisotopic (exact) mass is 368 g/mol. The number of hydrogen-bond acceptors (Lipinski definition) is 4. The molecular weight excluding hydrogens is 340 g/mol. The topological polar surface area (TPSA) is 61.8 Å². The summed E-state index contributed by atoms with van der Waals surface area (Å²) in [6.07, 6.45) is 3.55. The first-order chi connectivity index (χ1) is 13.1. The van der Waals surface area contributed by atoms with E-state index in [1.165, 1.54) is 12.8 Å². The second kappa shape index (κ2) is 7.87. The molecule has 2 saturated heterocycles. The predicted molar refractivity (Wildman–Crippen MR) is 106 cm³/mol. The Bertz CT molecular complexity index is 793. The number of hydrogen-bond donors (Lipinski definition) is 2. The molecule has 0 radical (unpaired) electrons. The molecule has 144 valence electrons. The van der Waals surface area contributed by atoms with Crippen molar-refractivity contribution >= 4 is 16.7 Å². The normalized spacial score (nSPS) is 23.2. The quantitative estimate of drug-likeness (QED) is 0.849. The fraction of sp³-hybridized carbons (Fsp3) is 0.500. The fourth-order valence-electron chi connectivity index (χ4n) is 4.36. The lowest BCUT2D eigenvalue weighted by atomic mass is 9.89. The zero-order chi connectivity index (χ0) is 18.7. The number of benzene rings is 2. The Balaban J connectivity index is 1.43. The van der Waals surface area contributed by atoms with Crippen molar-refractivity contribution in [1.29, 1.82) is 0 Å². The van der Waals surface area contributed by atoms with E-state index in [1.54, 1.807) is 0 Å². The minimum Gasteiger partial charge on any atom is -0.478 e. The van der Waals surface area contributed by atoms with Crippen molar-refractivity contribution in [2.24, 2.45) is 5.92 Å². The van der Waals surface area contributed by atoms with Crippen LogP contribution in [0, 0.1) is 5.92 Å². The van der Waals surface area contributed by atoms with E-state index in [0.29, 0.717) is 24.5 Å². The van der Waals surface area contributed by atoms with Crippen LogP contribution >= 0.6 is 0 Å². The summed E-state index contributed by atoms with van der Waals surface area (Å²) in [6, 6.07) is 13.9. The van der Waals surface area contributed by atoms with Gasteiger partial charge in [0.05, 0.1) is 0 Å². The zero-order valence-corrected chi connectivity index (χ0v) is 15.7. The number of carbonyl (C=O) groups is 1. The molecule has 27 heavy (non-hydrogen) atoms. The summed E-state index contributed by atoms with van der Waals surface area (Å²) in [5.41, 5.74) is -1.12. The van der Waals surface area contributed by atoms with Crippen molar-refractivity contribution in [3.05, 3.63) is 42.5 Å². The van der Waals surface area contributed by atoms with Crippen LogP contribution < -0.4 is 10.1 Å². The average Bonchev–Trinajstić information content (AvgIpc) is 2.70. The summed E-state index contributed by atoms with van der Waals surface area (Å²) in [5, 5.41) is 15.6. The Morgan fingerprint density at radius 2 is 1.96 bits per heavy atom. The van der Waals surface area contributed by atoms with Crippen LogP contribution in [0.15, 0.2) is 42.5 Å². The van der Waals surface area contributed by atoms with Crippen LogP contribution in [0.2, 0.25) is 0 Å². The van der Waals surface area contributed by atoms with E-state index in [9.17, 15) is 9.90 Å². The van der Waals surface area contributed by atoms with Gasteiger partial charge < -0.3 is 20.1 Å². The zero-order valence-electron chi connectivity index (χ0n) is 15.7. The lowest BCUT2D eigenvalue weighted by molar-refractivity contribution is -0.159. The van der Waals surface area contributed by atoms with Crippen molar-refractivity contribution in [1.82, 2.24) is 10.2 Å². The number of nitrogens with one attached hydrogen (secondary N) is 1. The summed E-state index contributed by atoms with van der Waals surface area (Å²) in [6.45, 7) is 4.80. The van der Waals surface area contributed by atoms with Crippen molar-refractivity contribution in [3.8, 4) is 5.75 Å². The summed E-state index contributed by atoms with van der Waals surface area (Å²) in [7, 11) is 0. The first-order valence-electron chi connectivity index (χ1n) is 9.99. The lowest BCUT2D eigenvalue weighted by Gasteiger charge is -2.40. The van der Waals surface area contributed by atoms with E-state index in [-0.39, 0.29) is 0 Å². The van der Waals surface area contributed by atoms with Gasteiger partial charge in [-0.15, -0.1) is 0 Å². The van der Waals surface area contributed by atoms with Gasteiger partial charge in [-0.1, -0.05) is 30.3 Å². The Labute approximate surface area is 160 Å². The summed E-state index contributed by atoms with van der Waals surface area (Å²) < 4.78 is 6.11. The Morgan fingerprint density at radius 1 is 1.19 bits per heavy atom. The number of fused-ring (bicyclic) bond motifs is 1. The molecule has 2 N–H and O–H groups in total. The van der Waals surface area contributed by atoms with Gasteiger partial charge in [0, 0.05) is 32.5 Å². The summed E-state index contributed by atoms with van der Waals surface area (Å²) >= 11 is 0. The molecule has 0 amide bonds. The highest BCUT2D eigenvalue weighted by Crippen LogP contribution is 2.31. The van der Waals surface area contributed by atoms with Gasteiger partial charge in [0.25, 0.3) is 0 Å². The molecule has 2 aromatic carbocycles. The van der Waals surface area contributed by atoms with E-state index in [2.05, 4.69) is 10.2 Å². The molecule has 5 heteroatoms. The van der Waals surface area contributed by atoms with Crippen molar-refractivity contribution in [3.63, 3.8) is 0 Å². The first kappa shape index (κ1) is 18.3. The molecule has 0 bridgehead atoms. The number of likely N-dealkylation sites (tertiary alicyclic amines) is 1. The fourth-order valence-corrected chi connectivity index (χ4v) is 4.36. The van der Waals surface area contributed by atoms with Crippen LogP contribution in [0.1, 0.15) is 25.7 Å². The molecule has 0 unspecified atom stereocenters. The number of rotatable bonds is 5. The third-order valence-electron chi connectivity index (χ3n) is 6.00. The second-order valence-corrected chi connectivity index (χ2v) is 7.92. The first-order valence-corrected chi connectivity index (χ1v) is 9.99. The molecule has 0 saturated carbocycles. The van der Waals surface area contributed by atoms with E-state index in [4.69, 9.17) is 4.74 Å². The van der Waals surface area contributed by atoms with Gasteiger partial charge in [-0.3, -0.25) is 0 Å². The van der Waals surface area contributed by atoms with Crippen molar-refractivity contribution < 1.29 is 14.6 Å². The van der Waals surface area contributed by atoms with Crippen molar-refractivity contribution in [2.45, 2.75) is 31.3 Å². The molecule has 1 atom stereocenters. The minimum absolute atomic E-state index is 0.523. The molecule has 0 aromatic heterocycles. The largest absolute Gasteiger partial charge is 0.478 e. The molecule has 4 rings (SSSR count). The third kappa shape index (κ3) is 4.09. The molecule has 2 aromatic rings. The highest BCUT2D eigenvalue weighted by Gasteiger charge is 2.44. The van der Waals surface area contributed by atoms with Crippen LogP contribution in [-0.4, -0.2) is 54.3 Å². The summed E-state index contributed by atoms with van der Waals surface area (Å²) in [4.78, 5) is 14.5. The van der Waals surface area contributed by atoms with E-state index in [0.717, 1.165) is 43.5 Å². The van der Waals surface area contributed by atoms with Gasteiger partial charge in [0.2, 0.25) is 5.60 Å².